The van der Waals surface area contributed by atoms with Crippen molar-refractivity contribution in [2.75, 3.05) is 0 Å². The predicted molar refractivity (Wildman–Crippen MR) is 51.5 cm³/mol. The van der Waals surface area contributed by atoms with E-state index in [9.17, 15) is 0 Å². The number of hydrogen-bond acceptors (Lipinski definition) is 3. The molecule has 12 heavy (non-hydrogen) atoms. The number of hydrogen-bond donors (Lipinski definition) is 0. The number of fused-ring (bicyclic) bond motifs is 1. The summed E-state index contributed by atoms with van der Waals surface area (Å²) < 4.78 is 0. The number of aryl methyl sites for hydroxylation is 2. The fourth-order valence-corrected chi connectivity index (χ4v) is 2.33. The van der Waals surface area contributed by atoms with Crippen LogP contribution in [-0.2, 0) is 6.42 Å². The van der Waals surface area contributed by atoms with Crippen LogP contribution in [0.1, 0.15) is 16.7 Å². The normalized spacial score (nSPS) is 10.8. The van der Waals surface area contributed by atoms with E-state index in [1.807, 2.05) is 0 Å². The molecule has 62 valence electrons. The van der Waals surface area contributed by atoms with E-state index >= 15 is 0 Å². The second-order valence-electron chi connectivity index (χ2n) is 2.69. The minimum Gasteiger partial charge on any atom is -0.252 e. The summed E-state index contributed by atoms with van der Waals surface area (Å²) in [7, 11) is 0. The monoisotopic (exact) mass is 178 g/mol. The Morgan fingerprint density at radius 3 is 2.58 bits per heavy atom. The molecular weight excluding hydrogens is 168 g/mol. The van der Waals surface area contributed by atoms with Crippen LogP contribution in [0.25, 0.3) is 11.0 Å². The second kappa shape index (κ2) is 2.83. The number of rotatable bonds is 1. The van der Waals surface area contributed by atoms with E-state index in [0.29, 0.717) is 0 Å². The highest BCUT2D eigenvalue weighted by atomic mass is 32.1. The quantitative estimate of drug-likeness (QED) is 0.670. The molecular formula is C9H10N2S. The van der Waals surface area contributed by atoms with E-state index in [-0.39, 0.29) is 0 Å². The van der Waals surface area contributed by atoms with Gasteiger partial charge in [0.25, 0.3) is 0 Å². The van der Waals surface area contributed by atoms with E-state index in [4.69, 9.17) is 0 Å². The lowest BCUT2D eigenvalue weighted by atomic mass is 10.3. The van der Waals surface area contributed by atoms with E-state index in [0.717, 1.165) is 17.5 Å². The molecule has 0 atom stereocenters. The average molecular weight is 178 g/mol. The fourth-order valence-electron chi connectivity index (χ4n) is 1.32. The first-order valence-electron chi connectivity index (χ1n) is 4.02. The molecule has 2 nitrogen and oxygen atoms in total. The molecule has 0 bridgehead atoms. The number of nitrogens with zero attached hydrogens (tertiary/aromatic N) is 2. The standard InChI is InChI=1S/C9H10N2S/c1-3-7-9-8(6(2)12-7)10-4-5-11-9/h4-5H,3H2,1-2H3. The van der Waals surface area contributed by atoms with Gasteiger partial charge in [0, 0.05) is 22.1 Å². The summed E-state index contributed by atoms with van der Waals surface area (Å²) in [5.74, 6) is 0. The van der Waals surface area contributed by atoms with Crippen LogP contribution in [0.4, 0.5) is 0 Å². The van der Waals surface area contributed by atoms with Crippen LogP contribution in [0, 0.1) is 6.92 Å². The van der Waals surface area contributed by atoms with Crippen molar-refractivity contribution < 1.29 is 0 Å². The number of aromatic nitrogens is 2. The van der Waals surface area contributed by atoms with Crippen molar-refractivity contribution in [3.05, 3.63) is 22.1 Å². The molecule has 0 spiro atoms. The molecule has 2 heterocycles. The maximum absolute atomic E-state index is 4.32. The minimum absolute atomic E-state index is 1.05. The third kappa shape index (κ3) is 1.01. The molecule has 0 N–H and O–H groups in total. The van der Waals surface area contributed by atoms with Crippen molar-refractivity contribution in [1.29, 1.82) is 0 Å². The Balaban J connectivity index is 2.82. The molecule has 0 aliphatic heterocycles. The fraction of sp³-hybridized carbons (Fsp3) is 0.333. The largest absolute Gasteiger partial charge is 0.252 e. The highest BCUT2D eigenvalue weighted by Gasteiger charge is 2.07. The lowest BCUT2D eigenvalue weighted by Gasteiger charge is -1.89. The summed E-state index contributed by atoms with van der Waals surface area (Å²) in [4.78, 5) is 11.2. The summed E-state index contributed by atoms with van der Waals surface area (Å²) >= 11 is 1.80. The Morgan fingerprint density at radius 2 is 1.92 bits per heavy atom. The smallest absolute Gasteiger partial charge is 0.103 e. The van der Waals surface area contributed by atoms with Crippen LogP contribution < -0.4 is 0 Å². The van der Waals surface area contributed by atoms with Gasteiger partial charge >= 0.3 is 0 Å². The summed E-state index contributed by atoms with van der Waals surface area (Å²) in [5.41, 5.74) is 2.15. The first-order chi connectivity index (χ1) is 5.83. The van der Waals surface area contributed by atoms with Gasteiger partial charge in [-0.25, -0.2) is 0 Å². The van der Waals surface area contributed by atoms with E-state index in [1.54, 1.807) is 23.7 Å². The molecule has 0 amide bonds. The molecule has 2 rings (SSSR count). The van der Waals surface area contributed by atoms with E-state index < -0.39 is 0 Å². The molecule has 0 saturated carbocycles. The molecule has 2 aromatic heterocycles. The summed E-state index contributed by atoms with van der Waals surface area (Å²) in [6.07, 6.45) is 4.56. The molecule has 0 saturated heterocycles. The van der Waals surface area contributed by atoms with Gasteiger partial charge in [0.05, 0.1) is 0 Å². The molecule has 0 aromatic carbocycles. The SMILES string of the molecule is CCc1sc(C)c2nccnc12. The molecule has 0 aliphatic rings. The van der Waals surface area contributed by atoms with Gasteiger partial charge in [-0.3, -0.25) is 9.97 Å². The van der Waals surface area contributed by atoms with Gasteiger partial charge in [0.15, 0.2) is 0 Å². The summed E-state index contributed by atoms with van der Waals surface area (Å²) in [6, 6.07) is 0. The van der Waals surface area contributed by atoms with Gasteiger partial charge in [-0.05, 0) is 13.3 Å². The van der Waals surface area contributed by atoms with Crippen LogP contribution >= 0.6 is 11.3 Å². The van der Waals surface area contributed by atoms with Crippen molar-refractivity contribution in [2.45, 2.75) is 20.3 Å². The van der Waals surface area contributed by atoms with Crippen molar-refractivity contribution >= 4 is 22.4 Å². The zero-order chi connectivity index (χ0) is 8.55. The zero-order valence-electron chi connectivity index (χ0n) is 7.16. The molecule has 2 aromatic rings. The minimum atomic E-state index is 1.05. The van der Waals surface area contributed by atoms with Crippen LogP contribution in [0.15, 0.2) is 12.4 Å². The zero-order valence-corrected chi connectivity index (χ0v) is 7.98. The van der Waals surface area contributed by atoms with Crippen LogP contribution in [0.2, 0.25) is 0 Å². The topological polar surface area (TPSA) is 25.8 Å². The van der Waals surface area contributed by atoms with Crippen LogP contribution in [0.5, 0.6) is 0 Å². The Kier molecular flexibility index (Phi) is 1.81. The van der Waals surface area contributed by atoms with Gasteiger partial charge in [-0.1, -0.05) is 6.92 Å². The molecule has 0 unspecified atom stereocenters. The van der Waals surface area contributed by atoms with Crippen LogP contribution in [0.3, 0.4) is 0 Å². The Morgan fingerprint density at radius 1 is 1.25 bits per heavy atom. The summed E-state index contributed by atoms with van der Waals surface area (Å²) in [5, 5.41) is 0. The van der Waals surface area contributed by atoms with Gasteiger partial charge in [-0.15, -0.1) is 11.3 Å². The van der Waals surface area contributed by atoms with Gasteiger partial charge in [-0.2, -0.15) is 0 Å². The maximum Gasteiger partial charge on any atom is 0.103 e. The van der Waals surface area contributed by atoms with Crippen molar-refractivity contribution in [1.82, 2.24) is 9.97 Å². The molecule has 0 aliphatic carbocycles. The van der Waals surface area contributed by atoms with E-state index in [1.165, 1.54) is 9.75 Å². The van der Waals surface area contributed by atoms with Crippen molar-refractivity contribution in [3.8, 4) is 0 Å². The van der Waals surface area contributed by atoms with Crippen molar-refractivity contribution in [3.63, 3.8) is 0 Å². The molecule has 0 radical (unpaired) electrons. The molecule has 3 heteroatoms. The number of thiophene rings is 1. The maximum atomic E-state index is 4.32. The third-order valence-electron chi connectivity index (χ3n) is 1.89. The Bertz CT molecular complexity index is 406. The molecule has 0 fully saturated rings. The highest BCUT2D eigenvalue weighted by molar-refractivity contribution is 7.13. The second-order valence-corrected chi connectivity index (χ2v) is 4.00. The predicted octanol–water partition coefficient (Wildman–Crippen LogP) is 2.56. The lowest BCUT2D eigenvalue weighted by molar-refractivity contribution is 1.18. The van der Waals surface area contributed by atoms with Gasteiger partial charge in [0.1, 0.15) is 11.0 Å². The highest BCUT2D eigenvalue weighted by Crippen LogP contribution is 2.27. The van der Waals surface area contributed by atoms with E-state index in [2.05, 4.69) is 23.8 Å². The lowest BCUT2D eigenvalue weighted by Crippen LogP contribution is -1.80. The Labute approximate surface area is 75.3 Å². The van der Waals surface area contributed by atoms with Crippen LogP contribution in [-0.4, -0.2) is 9.97 Å². The average Bonchev–Trinajstić information content (AvgIpc) is 2.44. The first-order valence-corrected chi connectivity index (χ1v) is 4.83. The first kappa shape index (κ1) is 7.68. The third-order valence-corrected chi connectivity index (χ3v) is 3.12. The van der Waals surface area contributed by atoms with Gasteiger partial charge < -0.3 is 0 Å². The Hall–Kier alpha value is -0.960. The van der Waals surface area contributed by atoms with Gasteiger partial charge in [0.2, 0.25) is 0 Å². The van der Waals surface area contributed by atoms with Crippen molar-refractivity contribution in [2.24, 2.45) is 0 Å². The summed E-state index contributed by atoms with van der Waals surface area (Å²) in [6.45, 7) is 4.25.